The molecule has 1 aliphatic carbocycles. The summed E-state index contributed by atoms with van der Waals surface area (Å²) < 4.78 is 7.74. The maximum Gasteiger partial charge on any atom is 0.280 e. The molecule has 11 heteroatoms. The topological polar surface area (TPSA) is 131 Å². The average Bonchev–Trinajstić information content (AvgIpc) is 3.41. The first-order valence-corrected chi connectivity index (χ1v) is 9.91. The molecule has 0 atom stereocenters. The number of rotatable bonds is 6. The largest absolute Gasteiger partial charge is 0.373 e. The highest BCUT2D eigenvalue weighted by molar-refractivity contribution is 6.00. The molecule has 11 nitrogen and oxygen atoms in total. The Bertz CT molecular complexity index is 1300. The predicted molar refractivity (Wildman–Crippen MR) is 113 cm³/mol. The van der Waals surface area contributed by atoms with Gasteiger partial charge in [0.2, 0.25) is 0 Å². The van der Waals surface area contributed by atoms with Gasteiger partial charge < -0.3 is 20.5 Å². The molecule has 0 aromatic carbocycles. The minimum Gasteiger partial charge on any atom is -0.373 e. The maximum atomic E-state index is 12.9. The SMILES string of the molecule is CNc1cc(Nc2cccn(-c3ccon3)c2=O)nc2c(C(=O)NC3CCC3)cnn12. The van der Waals surface area contributed by atoms with Gasteiger partial charge in [-0.15, -0.1) is 0 Å². The van der Waals surface area contributed by atoms with E-state index < -0.39 is 0 Å². The number of amides is 1. The van der Waals surface area contributed by atoms with E-state index in [-0.39, 0.29) is 17.5 Å². The summed E-state index contributed by atoms with van der Waals surface area (Å²) in [6, 6.07) is 6.86. The van der Waals surface area contributed by atoms with E-state index in [2.05, 4.69) is 31.2 Å². The molecule has 31 heavy (non-hydrogen) atoms. The summed E-state index contributed by atoms with van der Waals surface area (Å²) >= 11 is 0. The number of nitrogens with zero attached hydrogens (tertiary/aromatic N) is 5. The molecular weight excluding hydrogens is 400 g/mol. The molecule has 0 aliphatic heterocycles. The van der Waals surface area contributed by atoms with Gasteiger partial charge in [-0.2, -0.15) is 9.61 Å². The Morgan fingerprint density at radius 3 is 2.87 bits per heavy atom. The third-order valence-electron chi connectivity index (χ3n) is 5.29. The number of aromatic nitrogens is 5. The van der Waals surface area contributed by atoms with E-state index in [9.17, 15) is 9.59 Å². The number of pyridine rings is 1. The molecule has 0 radical (unpaired) electrons. The smallest absolute Gasteiger partial charge is 0.280 e. The first-order valence-electron chi connectivity index (χ1n) is 9.91. The van der Waals surface area contributed by atoms with Crippen molar-refractivity contribution < 1.29 is 9.32 Å². The lowest BCUT2D eigenvalue weighted by atomic mass is 9.93. The van der Waals surface area contributed by atoms with Gasteiger partial charge in [-0.3, -0.25) is 14.2 Å². The molecule has 1 amide bonds. The van der Waals surface area contributed by atoms with Crippen LogP contribution < -0.4 is 21.5 Å². The third kappa shape index (κ3) is 3.39. The second-order valence-electron chi connectivity index (χ2n) is 7.25. The Labute approximate surface area is 176 Å². The fraction of sp³-hybridized carbons (Fsp3) is 0.250. The minimum absolute atomic E-state index is 0.201. The first kappa shape index (κ1) is 18.9. The summed E-state index contributed by atoms with van der Waals surface area (Å²) in [5.41, 5.74) is 0.740. The lowest BCUT2D eigenvalue weighted by molar-refractivity contribution is 0.0918. The molecule has 1 fully saturated rings. The minimum atomic E-state index is -0.319. The van der Waals surface area contributed by atoms with E-state index in [1.165, 1.54) is 17.0 Å². The average molecular weight is 420 g/mol. The molecule has 0 saturated heterocycles. The summed E-state index contributed by atoms with van der Waals surface area (Å²) in [5, 5.41) is 17.2. The van der Waals surface area contributed by atoms with Gasteiger partial charge in [0.1, 0.15) is 29.1 Å². The van der Waals surface area contributed by atoms with Crippen molar-refractivity contribution in [1.29, 1.82) is 0 Å². The second-order valence-corrected chi connectivity index (χ2v) is 7.25. The molecule has 4 heterocycles. The lowest BCUT2D eigenvalue weighted by Crippen LogP contribution is -2.39. The lowest BCUT2D eigenvalue weighted by Gasteiger charge is -2.26. The summed E-state index contributed by atoms with van der Waals surface area (Å²) in [6.45, 7) is 0. The molecular formula is C20H20N8O3. The van der Waals surface area contributed by atoms with Crippen LogP contribution in [0.25, 0.3) is 11.5 Å². The molecule has 4 aromatic rings. The molecule has 4 aromatic heterocycles. The Morgan fingerprint density at radius 2 is 2.16 bits per heavy atom. The van der Waals surface area contributed by atoms with Gasteiger partial charge in [0.15, 0.2) is 11.5 Å². The first-order chi connectivity index (χ1) is 15.1. The van der Waals surface area contributed by atoms with Crippen LogP contribution in [-0.2, 0) is 0 Å². The number of nitrogens with one attached hydrogen (secondary N) is 3. The van der Waals surface area contributed by atoms with E-state index in [4.69, 9.17) is 4.52 Å². The fourth-order valence-electron chi connectivity index (χ4n) is 3.42. The van der Waals surface area contributed by atoms with Crippen LogP contribution in [0.2, 0.25) is 0 Å². The van der Waals surface area contributed by atoms with Gasteiger partial charge in [0.05, 0.1) is 6.20 Å². The summed E-state index contributed by atoms with van der Waals surface area (Å²) in [5.74, 6) is 1.17. The number of hydrogen-bond donors (Lipinski definition) is 3. The zero-order chi connectivity index (χ0) is 21.4. The van der Waals surface area contributed by atoms with E-state index in [1.54, 1.807) is 42.0 Å². The van der Waals surface area contributed by atoms with Crippen LogP contribution in [0.5, 0.6) is 0 Å². The maximum absolute atomic E-state index is 12.9. The van der Waals surface area contributed by atoms with Crippen molar-refractivity contribution >= 4 is 28.9 Å². The van der Waals surface area contributed by atoms with Crippen molar-refractivity contribution in [2.45, 2.75) is 25.3 Å². The fourth-order valence-corrected chi connectivity index (χ4v) is 3.42. The van der Waals surface area contributed by atoms with Crippen LogP contribution in [0.3, 0.4) is 0 Å². The molecule has 158 valence electrons. The van der Waals surface area contributed by atoms with Gasteiger partial charge in [0.25, 0.3) is 11.5 Å². The molecule has 0 spiro atoms. The van der Waals surface area contributed by atoms with Crippen LogP contribution in [0.4, 0.5) is 17.3 Å². The Hall–Kier alpha value is -4.15. The number of carbonyl (C=O) groups is 1. The van der Waals surface area contributed by atoms with Crippen molar-refractivity contribution in [3.63, 3.8) is 0 Å². The quantitative estimate of drug-likeness (QED) is 0.431. The highest BCUT2D eigenvalue weighted by Gasteiger charge is 2.23. The zero-order valence-electron chi connectivity index (χ0n) is 16.7. The summed E-state index contributed by atoms with van der Waals surface area (Å²) in [4.78, 5) is 30.1. The normalized spacial score (nSPS) is 13.7. The van der Waals surface area contributed by atoms with Gasteiger partial charge in [0, 0.05) is 31.4 Å². The Kier molecular flexibility index (Phi) is 4.62. The number of carbonyl (C=O) groups excluding carboxylic acids is 1. The van der Waals surface area contributed by atoms with Crippen molar-refractivity contribution in [2.75, 3.05) is 17.7 Å². The van der Waals surface area contributed by atoms with Crippen molar-refractivity contribution in [3.8, 4) is 5.82 Å². The van der Waals surface area contributed by atoms with Gasteiger partial charge in [-0.05, 0) is 31.4 Å². The van der Waals surface area contributed by atoms with Crippen molar-refractivity contribution in [3.05, 3.63) is 58.8 Å². The Morgan fingerprint density at radius 1 is 1.29 bits per heavy atom. The van der Waals surface area contributed by atoms with E-state index in [0.717, 1.165) is 19.3 Å². The van der Waals surface area contributed by atoms with E-state index in [0.29, 0.717) is 34.4 Å². The van der Waals surface area contributed by atoms with Crippen molar-refractivity contribution in [1.82, 2.24) is 29.6 Å². The van der Waals surface area contributed by atoms with Gasteiger partial charge in [-0.25, -0.2) is 4.98 Å². The second kappa shape index (κ2) is 7.59. The van der Waals surface area contributed by atoms with Crippen LogP contribution in [0.15, 0.2) is 52.2 Å². The number of hydrogen-bond acceptors (Lipinski definition) is 8. The van der Waals surface area contributed by atoms with Gasteiger partial charge in [-0.1, -0.05) is 5.16 Å². The Balaban J connectivity index is 1.52. The molecule has 1 aliphatic rings. The molecule has 0 unspecified atom stereocenters. The molecule has 0 bridgehead atoms. The number of fused-ring (bicyclic) bond motifs is 1. The standard InChI is InChI=1S/C20H20N8O3/c1-21-17-10-15(24-14-6-3-8-27(20(14)30)16-7-9-31-26-16)25-18-13(11-22-28(17)18)19(29)23-12-4-2-5-12/h3,6-12,21H,2,4-5H2,1H3,(H,23,29)(H,24,25). The molecule has 1 saturated carbocycles. The van der Waals surface area contributed by atoms with Crippen molar-refractivity contribution in [2.24, 2.45) is 0 Å². The van der Waals surface area contributed by atoms with E-state index >= 15 is 0 Å². The van der Waals surface area contributed by atoms with Crippen LogP contribution in [-0.4, -0.2) is 43.3 Å². The highest BCUT2D eigenvalue weighted by Crippen LogP contribution is 2.22. The predicted octanol–water partition coefficient (Wildman–Crippen LogP) is 1.94. The highest BCUT2D eigenvalue weighted by atomic mass is 16.5. The third-order valence-corrected chi connectivity index (χ3v) is 5.29. The van der Waals surface area contributed by atoms with Crippen LogP contribution in [0.1, 0.15) is 29.6 Å². The van der Waals surface area contributed by atoms with Gasteiger partial charge >= 0.3 is 0 Å². The summed E-state index contributed by atoms with van der Waals surface area (Å²) in [6.07, 6.45) is 7.59. The van der Waals surface area contributed by atoms with Crippen LogP contribution >= 0.6 is 0 Å². The number of anilines is 3. The molecule has 5 rings (SSSR count). The van der Waals surface area contributed by atoms with Crippen LogP contribution in [0, 0.1) is 0 Å². The molecule has 3 N–H and O–H groups in total. The monoisotopic (exact) mass is 420 g/mol. The summed E-state index contributed by atoms with van der Waals surface area (Å²) in [7, 11) is 1.74. The van der Waals surface area contributed by atoms with E-state index in [1.807, 2.05) is 0 Å². The zero-order valence-corrected chi connectivity index (χ0v) is 16.7.